The Labute approximate surface area is 330 Å². The second kappa shape index (κ2) is 13.6. The Balaban J connectivity index is 1.01. The average molecular weight is 730 g/mol. The summed E-state index contributed by atoms with van der Waals surface area (Å²) in [5.41, 5.74) is 15.9. The van der Waals surface area contributed by atoms with Crippen LogP contribution in [0.25, 0.3) is 88.4 Å². The van der Waals surface area contributed by atoms with E-state index < -0.39 is 0 Å². The van der Waals surface area contributed by atoms with Crippen LogP contribution in [-0.2, 0) is 0 Å². The number of benzene rings is 9. The zero-order chi connectivity index (χ0) is 37.7. The molecule has 0 aliphatic heterocycles. The lowest BCUT2D eigenvalue weighted by molar-refractivity contribution is 0.668. The highest BCUT2D eigenvalue weighted by Gasteiger charge is 2.19. The smallest absolute Gasteiger partial charge is 0.143 e. The molecule has 11 rings (SSSR count). The maximum atomic E-state index is 6.71. The number of furan rings is 2. The zero-order valence-electron chi connectivity index (χ0n) is 31.0. The van der Waals surface area contributed by atoms with Gasteiger partial charge in [0.1, 0.15) is 22.3 Å². The van der Waals surface area contributed by atoms with Crippen molar-refractivity contribution in [1.29, 1.82) is 0 Å². The van der Waals surface area contributed by atoms with Crippen LogP contribution in [0, 0.1) is 0 Å². The van der Waals surface area contributed by atoms with Gasteiger partial charge in [-0.2, -0.15) is 0 Å². The van der Waals surface area contributed by atoms with Gasteiger partial charge in [-0.15, -0.1) is 0 Å². The van der Waals surface area contributed by atoms with E-state index >= 15 is 0 Å². The minimum Gasteiger partial charge on any atom is -0.456 e. The molecule has 0 N–H and O–H groups in total. The Morgan fingerprint density at radius 2 is 0.719 bits per heavy atom. The molecular formula is C54H35NO2. The Hall–Kier alpha value is -7.62. The van der Waals surface area contributed by atoms with E-state index in [1.807, 2.05) is 18.2 Å². The van der Waals surface area contributed by atoms with Crippen molar-refractivity contribution in [3.63, 3.8) is 0 Å². The summed E-state index contributed by atoms with van der Waals surface area (Å²) in [6.45, 7) is 0. The third-order valence-corrected chi connectivity index (χ3v) is 11.1. The average Bonchev–Trinajstić information content (AvgIpc) is 3.86. The van der Waals surface area contributed by atoms with Gasteiger partial charge in [0, 0.05) is 44.2 Å². The summed E-state index contributed by atoms with van der Waals surface area (Å²) in [4.78, 5) is 2.33. The molecule has 0 fully saturated rings. The molecular weight excluding hydrogens is 695 g/mol. The zero-order valence-corrected chi connectivity index (χ0v) is 31.0. The van der Waals surface area contributed by atoms with E-state index in [0.717, 1.165) is 83.2 Å². The number of hydrogen-bond donors (Lipinski definition) is 0. The fourth-order valence-corrected chi connectivity index (χ4v) is 8.29. The van der Waals surface area contributed by atoms with Crippen LogP contribution in [0.4, 0.5) is 17.1 Å². The summed E-state index contributed by atoms with van der Waals surface area (Å²) < 4.78 is 12.9. The minimum atomic E-state index is 0.872. The number of hydrogen-bond acceptors (Lipinski definition) is 3. The monoisotopic (exact) mass is 729 g/mol. The molecule has 0 atom stereocenters. The van der Waals surface area contributed by atoms with Crippen LogP contribution in [0.5, 0.6) is 0 Å². The minimum absolute atomic E-state index is 0.872. The highest BCUT2D eigenvalue weighted by Crippen LogP contribution is 2.44. The summed E-state index contributed by atoms with van der Waals surface area (Å²) in [5, 5.41) is 4.42. The first-order chi connectivity index (χ1) is 28.2. The van der Waals surface area contributed by atoms with Crippen molar-refractivity contribution in [2.75, 3.05) is 4.90 Å². The Kier molecular flexibility index (Phi) is 7.82. The van der Waals surface area contributed by atoms with Gasteiger partial charge in [-0.25, -0.2) is 0 Å². The van der Waals surface area contributed by atoms with Gasteiger partial charge in [-0.1, -0.05) is 146 Å². The van der Waals surface area contributed by atoms with Gasteiger partial charge in [0.05, 0.1) is 0 Å². The van der Waals surface area contributed by atoms with Crippen molar-refractivity contribution < 1.29 is 8.83 Å². The molecule has 0 radical (unpaired) electrons. The van der Waals surface area contributed by atoms with Gasteiger partial charge < -0.3 is 13.7 Å². The van der Waals surface area contributed by atoms with Crippen LogP contribution in [0.3, 0.4) is 0 Å². The second-order valence-corrected chi connectivity index (χ2v) is 14.5. The van der Waals surface area contributed by atoms with Gasteiger partial charge >= 0.3 is 0 Å². The fraction of sp³-hybridized carbons (Fsp3) is 0. The molecule has 2 heterocycles. The summed E-state index contributed by atoms with van der Waals surface area (Å²) in [5.74, 6) is 0. The molecule has 57 heavy (non-hydrogen) atoms. The third kappa shape index (κ3) is 5.76. The summed E-state index contributed by atoms with van der Waals surface area (Å²) >= 11 is 0. The standard InChI is InChI=1S/C54H35NO2/c1-3-11-36(12-4-1)38-19-26-42(27-20-38)55(43-28-21-39(22-29-43)37-13-5-2-6-14-37)44-30-23-40(24-31-44)45-32-33-46(54-53(45)48-16-8-10-18-51(48)57-54)41-25-34-52-49(35-41)47-15-7-9-17-50(47)56-52/h1-35H. The Bertz CT molecular complexity index is 3110. The molecule has 2 aromatic heterocycles. The van der Waals surface area contributed by atoms with E-state index in [0.29, 0.717) is 0 Å². The molecule has 3 heteroatoms. The lowest BCUT2D eigenvalue weighted by Gasteiger charge is -2.26. The van der Waals surface area contributed by atoms with Crippen molar-refractivity contribution in [2.45, 2.75) is 0 Å². The molecule has 0 spiro atoms. The maximum Gasteiger partial charge on any atom is 0.143 e. The van der Waals surface area contributed by atoms with E-state index in [1.54, 1.807) is 0 Å². The van der Waals surface area contributed by atoms with Crippen molar-refractivity contribution in [3.8, 4) is 44.5 Å². The first-order valence-electron chi connectivity index (χ1n) is 19.3. The first-order valence-corrected chi connectivity index (χ1v) is 19.3. The topological polar surface area (TPSA) is 29.5 Å². The molecule has 9 aromatic carbocycles. The van der Waals surface area contributed by atoms with Gasteiger partial charge in [-0.3, -0.25) is 0 Å². The quantitative estimate of drug-likeness (QED) is 0.164. The first kappa shape index (κ1) is 32.8. The van der Waals surface area contributed by atoms with Gasteiger partial charge in [0.2, 0.25) is 0 Å². The number of nitrogens with zero attached hydrogens (tertiary/aromatic N) is 1. The summed E-state index contributed by atoms with van der Waals surface area (Å²) in [6, 6.07) is 75.1. The van der Waals surface area contributed by atoms with E-state index in [4.69, 9.17) is 8.83 Å². The van der Waals surface area contributed by atoms with Crippen LogP contribution in [0.1, 0.15) is 0 Å². The largest absolute Gasteiger partial charge is 0.456 e. The molecule has 0 saturated carbocycles. The Morgan fingerprint density at radius 3 is 1.32 bits per heavy atom. The fourth-order valence-electron chi connectivity index (χ4n) is 8.29. The molecule has 3 nitrogen and oxygen atoms in total. The maximum absolute atomic E-state index is 6.71. The summed E-state index contributed by atoms with van der Waals surface area (Å²) in [6.07, 6.45) is 0. The second-order valence-electron chi connectivity index (χ2n) is 14.5. The van der Waals surface area contributed by atoms with Crippen molar-refractivity contribution in [2.24, 2.45) is 0 Å². The van der Waals surface area contributed by atoms with E-state index in [2.05, 4.69) is 199 Å². The predicted octanol–water partition coefficient (Wildman–Crippen LogP) is 15.6. The molecule has 0 amide bonds. The SMILES string of the molecule is c1ccc(-c2ccc(N(c3ccc(-c4ccccc4)cc3)c3ccc(-c4ccc(-c5ccc6oc7ccccc7c6c5)c5oc6ccccc6c45)cc3)cc2)cc1. The highest BCUT2D eigenvalue weighted by atomic mass is 16.3. The van der Waals surface area contributed by atoms with Crippen LogP contribution in [0.15, 0.2) is 221 Å². The number of anilines is 3. The highest BCUT2D eigenvalue weighted by molar-refractivity contribution is 6.17. The van der Waals surface area contributed by atoms with E-state index in [9.17, 15) is 0 Å². The molecule has 0 bridgehead atoms. The normalized spacial score (nSPS) is 11.5. The molecule has 0 saturated heterocycles. The van der Waals surface area contributed by atoms with E-state index in [1.165, 1.54) is 22.3 Å². The van der Waals surface area contributed by atoms with E-state index in [-0.39, 0.29) is 0 Å². The summed E-state index contributed by atoms with van der Waals surface area (Å²) in [7, 11) is 0. The number of rotatable bonds is 7. The lowest BCUT2D eigenvalue weighted by Crippen LogP contribution is -2.09. The third-order valence-electron chi connectivity index (χ3n) is 11.1. The van der Waals surface area contributed by atoms with Crippen LogP contribution in [-0.4, -0.2) is 0 Å². The van der Waals surface area contributed by atoms with Crippen LogP contribution in [0.2, 0.25) is 0 Å². The number of para-hydroxylation sites is 2. The molecule has 11 aromatic rings. The van der Waals surface area contributed by atoms with Gasteiger partial charge in [0.15, 0.2) is 0 Å². The molecule has 0 unspecified atom stereocenters. The Morgan fingerprint density at radius 1 is 0.281 bits per heavy atom. The van der Waals surface area contributed by atoms with Crippen LogP contribution >= 0.6 is 0 Å². The predicted molar refractivity (Wildman–Crippen MR) is 237 cm³/mol. The van der Waals surface area contributed by atoms with Crippen molar-refractivity contribution >= 4 is 60.9 Å². The van der Waals surface area contributed by atoms with Gasteiger partial charge in [0.25, 0.3) is 0 Å². The number of fused-ring (bicyclic) bond motifs is 6. The lowest BCUT2D eigenvalue weighted by atomic mass is 9.94. The molecule has 0 aliphatic rings. The van der Waals surface area contributed by atoms with Gasteiger partial charge in [-0.05, 0) is 106 Å². The van der Waals surface area contributed by atoms with Crippen LogP contribution < -0.4 is 4.90 Å². The molecule has 268 valence electrons. The van der Waals surface area contributed by atoms with Crippen molar-refractivity contribution in [1.82, 2.24) is 0 Å². The van der Waals surface area contributed by atoms with Crippen molar-refractivity contribution in [3.05, 3.63) is 212 Å². The molecule has 0 aliphatic carbocycles.